The second-order valence-electron chi connectivity index (χ2n) is 5.71. The molecule has 0 aliphatic carbocycles. The number of hydrogen-bond donors (Lipinski definition) is 1. The molecule has 1 aromatic rings. The summed E-state index contributed by atoms with van der Waals surface area (Å²) in [7, 11) is 5.74. The number of nitrogen functional groups attached to an aromatic ring is 1. The molecular weight excluding hydrogens is 266 g/mol. The molecule has 0 spiro atoms. The maximum absolute atomic E-state index is 5.88. The lowest BCUT2D eigenvalue weighted by molar-refractivity contribution is -0.0953. The number of rotatable bonds is 5. The molecule has 1 aliphatic rings. The minimum atomic E-state index is -0.332. The summed E-state index contributed by atoms with van der Waals surface area (Å²) < 4.78 is 11.4. The summed E-state index contributed by atoms with van der Waals surface area (Å²) >= 11 is 0. The van der Waals surface area contributed by atoms with Crippen LogP contribution in [0.3, 0.4) is 0 Å². The van der Waals surface area contributed by atoms with Crippen LogP contribution in [0.4, 0.5) is 5.82 Å². The van der Waals surface area contributed by atoms with Crippen LogP contribution in [0.1, 0.15) is 24.0 Å². The lowest BCUT2D eigenvalue weighted by Crippen LogP contribution is -2.37. The second-order valence-corrected chi connectivity index (χ2v) is 5.71. The molecule has 0 saturated carbocycles. The molecule has 21 heavy (non-hydrogen) atoms. The highest BCUT2D eigenvalue weighted by atomic mass is 16.5. The van der Waals surface area contributed by atoms with Gasteiger partial charge in [0.05, 0.1) is 5.60 Å². The Morgan fingerprint density at radius 1 is 1.48 bits per heavy atom. The van der Waals surface area contributed by atoms with Crippen molar-refractivity contribution in [2.24, 2.45) is 0 Å². The quantitative estimate of drug-likeness (QED) is 0.898. The molecule has 0 unspecified atom stereocenters. The molecule has 0 aromatic carbocycles. The number of methoxy groups -OCH3 is 1. The molecule has 0 bridgehead atoms. The van der Waals surface area contributed by atoms with Gasteiger partial charge in [-0.2, -0.15) is 0 Å². The second kappa shape index (κ2) is 6.45. The van der Waals surface area contributed by atoms with Gasteiger partial charge in [0.2, 0.25) is 0 Å². The van der Waals surface area contributed by atoms with Crippen LogP contribution in [0.2, 0.25) is 0 Å². The topological polar surface area (TPSA) is 60.6 Å². The highest BCUT2D eigenvalue weighted by Gasteiger charge is 2.36. The molecule has 0 atom stereocenters. The van der Waals surface area contributed by atoms with Crippen molar-refractivity contribution in [2.45, 2.75) is 24.9 Å². The molecule has 116 valence electrons. The lowest BCUT2D eigenvalue weighted by Gasteiger charge is -2.37. The summed E-state index contributed by atoms with van der Waals surface area (Å²) in [6, 6.07) is 1.93. The van der Waals surface area contributed by atoms with E-state index >= 15 is 0 Å². The van der Waals surface area contributed by atoms with E-state index in [0.29, 0.717) is 19.0 Å². The summed E-state index contributed by atoms with van der Waals surface area (Å²) in [4.78, 5) is 6.29. The van der Waals surface area contributed by atoms with Crippen molar-refractivity contribution in [3.05, 3.63) is 35.7 Å². The van der Waals surface area contributed by atoms with Crippen molar-refractivity contribution in [1.29, 1.82) is 0 Å². The number of likely N-dealkylation sites (N-methyl/N-ethyl adjacent to an activating group) is 1. The van der Waals surface area contributed by atoms with Gasteiger partial charge in [0.1, 0.15) is 5.82 Å². The van der Waals surface area contributed by atoms with E-state index < -0.39 is 0 Å². The van der Waals surface area contributed by atoms with Gasteiger partial charge in [0, 0.05) is 71.1 Å². The molecule has 1 saturated heterocycles. The van der Waals surface area contributed by atoms with Crippen LogP contribution in [0.5, 0.6) is 0 Å². The van der Waals surface area contributed by atoms with E-state index in [-0.39, 0.29) is 5.60 Å². The Bertz CT molecular complexity index is 508. The summed E-state index contributed by atoms with van der Waals surface area (Å²) in [5.74, 6) is 0.526. The van der Waals surface area contributed by atoms with Crippen LogP contribution in [-0.4, -0.2) is 44.3 Å². The molecule has 0 radical (unpaired) electrons. The number of pyridine rings is 1. The standard InChI is InChI=1S/C16H25N3O2/c1-12(19(2)3)9-13-10-15(17)18-11-14(13)16(20-4)5-7-21-8-6-16/h10-11H,1,5-9H2,2-4H3,(H2,17,18). The van der Waals surface area contributed by atoms with Crippen LogP contribution in [-0.2, 0) is 21.5 Å². The smallest absolute Gasteiger partial charge is 0.123 e. The molecule has 2 N–H and O–H groups in total. The number of ether oxygens (including phenoxy) is 2. The average Bonchev–Trinajstić information content (AvgIpc) is 2.48. The third-order valence-electron chi connectivity index (χ3n) is 4.22. The van der Waals surface area contributed by atoms with Crippen LogP contribution < -0.4 is 5.73 Å². The molecule has 1 aromatic heterocycles. The van der Waals surface area contributed by atoms with E-state index in [0.717, 1.165) is 36.1 Å². The molecule has 5 heteroatoms. The van der Waals surface area contributed by atoms with Gasteiger partial charge in [-0.15, -0.1) is 0 Å². The third-order valence-corrected chi connectivity index (χ3v) is 4.22. The first-order valence-corrected chi connectivity index (χ1v) is 7.21. The number of hydrogen-bond acceptors (Lipinski definition) is 5. The fourth-order valence-corrected chi connectivity index (χ4v) is 2.73. The van der Waals surface area contributed by atoms with Crippen molar-refractivity contribution >= 4 is 5.82 Å². The average molecular weight is 291 g/mol. The zero-order chi connectivity index (χ0) is 15.5. The minimum Gasteiger partial charge on any atom is -0.384 e. The van der Waals surface area contributed by atoms with E-state index in [2.05, 4.69) is 11.6 Å². The first kappa shape index (κ1) is 15.8. The van der Waals surface area contributed by atoms with E-state index in [1.54, 1.807) is 7.11 Å². The summed E-state index contributed by atoms with van der Waals surface area (Å²) in [5.41, 5.74) is 8.80. The maximum atomic E-state index is 5.88. The minimum absolute atomic E-state index is 0.332. The van der Waals surface area contributed by atoms with Gasteiger partial charge >= 0.3 is 0 Å². The SMILES string of the molecule is C=C(Cc1cc(N)ncc1C1(OC)CCOCC1)N(C)C. The molecule has 1 aliphatic heterocycles. The van der Waals surface area contributed by atoms with Gasteiger partial charge in [0.25, 0.3) is 0 Å². The largest absolute Gasteiger partial charge is 0.384 e. The Morgan fingerprint density at radius 3 is 2.71 bits per heavy atom. The van der Waals surface area contributed by atoms with E-state index in [1.165, 1.54) is 0 Å². The summed E-state index contributed by atoms with van der Waals surface area (Å²) in [5, 5.41) is 0. The van der Waals surface area contributed by atoms with Gasteiger partial charge in [-0.3, -0.25) is 0 Å². The van der Waals surface area contributed by atoms with Crippen molar-refractivity contribution in [2.75, 3.05) is 40.2 Å². The van der Waals surface area contributed by atoms with Gasteiger partial charge in [-0.1, -0.05) is 6.58 Å². The van der Waals surface area contributed by atoms with Crippen LogP contribution in [0.25, 0.3) is 0 Å². The number of allylic oxidation sites excluding steroid dienone is 1. The Hall–Kier alpha value is -1.59. The van der Waals surface area contributed by atoms with Crippen molar-refractivity contribution < 1.29 is 9.47 Å². The van der Waals surface area contributed by atoms with Gasteiger partial charge in [0.15, 0.2) is 0 Å². The fraction of sp³-hybridized carbons (Fsp3) is 0.562. The first-order valence-electron chi connectivity index (χ1n) is 7.21. The monoisotopic (exact) mass is 291 g/mol. The number of aromatic nitrogens is 1. The predicted octanol–water partition coefficient (Wildman–Crippen LogP) is 1.93. The molecule has 2 heterocycles. The van der Waals surface area contributed by atoms with Crippen molar-refractivity contribution in [3.63, 3.8) is 0 Å². The Morgan fingerprint density at radius 2 is 2.14 bits per heavy atom. The van der Waals surface area contributed by atoms with Gasteiger partial charge in [-0.25, -0.2) is 4.98 Å². The first-order chi connectivity index (χ1) is 9.98. The Kier molecular flexibility index (Phi) is 4.85. The number of anilines is 1. The highest BCUT2D eigenvalue weighted by Crippen LogP contribution is 2.38. The number of nitrogens with two attached hydrogens (primary N) is 1. The Labute approximate surface area is 126 Å². The zero-order valence-electron chi connectivity index (χ0n) is 13.2. The van der Waals surface area contributed by atoms with E-state index in [1.807, 2.05) is 31.3 Å². The molecule has 1 fully saturated rings. The van der Waals surface area contributed by atoms with Crippen LogP contribution >= 0.6 is 0 Å². The normalized spacial score (nSPS) is 17.5. The van der Waals surface area contributed by atoms with Gasteiger partial charge < -0.3 is 20.1 Å². The molecule has 5 nitrogen and oxygen atoms in total. The lowest BCUT2D eigenvalue weighted by atomic mass is 9.83. The Balaban J connectivity index is 2.39. The molecule has 0 amide bonds. The summed E-state index contributed by atoms with van der Waals surface area (Å²) in [6.07, 6.45) is 4.25. The van der Waals surface area contributed by atoms with Crippen molar-refractivity contribution in [1.82, 2.24) is 9.88 Å². The molecule has 2 rings (SSSR count). The van der Waals surface area contributed by atoms with Gasteiger partial charge in [-0.05, 0) is 11.6 Å². The highest BCUT2D eigenvalue weighted by molar-refractivity contribution is 5.42. The zero-order valence-corrected chi connectivity index (χ0v) is 13.2. The number of nitrogens with zero attached hydrogens (tertiary/aromatic N) is 2. The predicted molar refractivity (Wildman–Crippen MR) is 83.9 cm³/mol. The maximum Gasteiger partial charge on any atom is 0.123 e. The van der Waals surface area contributed by atoms with E-state index in [9.17, 15) is 0 Å². The summed E-state index contributed by atoms with van der Waals surface area (Å²) in [6.45, 7) is 5.51. The van der Waals surface area contributed by atoms with Crippen molar-refractivity contribution in [3.8, 4) is 0 Å². The van der Waals surface area contributed by atoms with E-state index in [4.69, 9.17) is 15.2 Å². The third kappa shape index (κ3) is 3.36. The molecular formula is C16H25N3O2. The van der Waals surface area contributed by atoms with Crippen LogP contribution in [0, 0.1) is 0 Å². The fourth-order valence-electron chi connectivity index (χ4n) is 2.73. The van der Waals surface area contributed by atoms with Crippen LogP contribution in [0.15, 0.2) is 24.5 Å².